The standard InChI is InChI=1S/Al.H3P.H2S.Ti.3H/h;1H3;1H2;;;;. The van der Waals surface area contributed by atoms with Gasteiger partial charge < -0.3 is 0 Å². The molecule has 4 heteroatoms. The van der Waals surface area contributed by atoms with Crippen LogP contribution in [0.1, 0.15) is 0 Å². The van der Waals surface area contributed by atoms with Crippen LogP contribution in [0.3, 0.4) is 0 Å². The van der Waals surface area contributed by atoms with Gasteiger partial charge >= 0.3 is 0 Å². The average Bonchev–Trinajstić information content (AvgIpc) is 0. The van der Waals surface area contributed by atoms with Crippen LogP contribution < -0.4 is 0 Å². The largest absolute Gasteiger partial charge is 0.197 e. The summed E-state index contributed by atoms with van der Waals surface area (Å²) in [6, 6.07) is 0. The number of hydrogen-bond acceptors (Lipinski definition) is 0. The van der Waals surface area contributed by atoms with Crippen LogP contribution in [-0.2, 0) is 21.7 Å². The SMILES string of the molecule is P.S.[AlH3].[Ti]. The first kappa shape index (κ1) is 37.1. The first-order valence-electron chi connectivity index (χ1n) is 0. The minimum absolute atomic E-state index is 0. The van der Waals surface area contributed by atoms with Crippen LogP contribution >= 0.6 is 23.4 Å². The summed E-state index contributed by atoms with van der Waals surface area (Å²) in [5, 5.41) is 0. The second kappa shape index (κ2) is 19.8. The van der Waals surface area contributed by atoms with Gasteiger partial charge in [-0.1, -0.05) is 0 Å². The summed E-state index contributed by atoms with van der Waals surface area (Å²) in [7, 11) is 0. The van der Waals surface area contributed by atoms with E-state index in [1.807, 2.05) is 0 Å². The average molecular weight is 146 g/mol. The Balaban J connectivity index is 0. The molecule has 1 unspecified atom stereocenters. The van der Waals surface area contributed by atoms with Gasteiger partial charge in [-0.25, -0.2) is 0 Å². The van der Waals surface area contributed by atoms with Crippen LogP contribution in [0.2, 0.25) is 0 Å². The van der Waals surface area contributed by atoms with Gasteiger partial charge in [0.25, 0.3) is 0 Å². The van der Waals surface area contributed by atoms with Crippen LogP contribution in [0, 0.1) is 0 Å². The molecule has 0 aromatic rings. The van der Waals surface area contributed by atoms with E-state index in [-0.39, 0.29) is 62.5 Å². The molecule has 0 aliphatic rings. The zero-order valence-corrected chi connectivity index (χ0v) is 5.68. The monoisotopic (exact) mass is 146 g/mol. The second-order valence-corrected chi connectivity index (χ2v) is 0. The smallest absolute Gasteiger partial charge is 0.187 e. The molecule has 0 aromatic heterocycles. The van der Waals surface area contributed by atoms with Crippen LogP contribution in [0.15, 0.2) is 0 Å². The summed E-state index contributed by atoms with van der Waals surface area (Å²) >= 11 is 0. The van der Waals surface area contributed by atoms with E-state index in [4.69, 9.17) is 0 Å². The first-order valence-corrected chi connectivity index (χ1v) is 0. The third-order valence-corrected chi connectivity index (χ3v) is 0. The maximum absolute atomic E-state index is 0. The second-order valence-electron chi connectivity index (χ2n) is 0. The fourth-order valence-corrected chi connectivity index (χ4v) is 0. The molecule has 4 heavy (non-hydrogen) atoms. The van der Waals surface area contributed by atoms with Crippen LogP contribution in [0.4, 0.5) is 0 Å². The van der Waals surface area contributed by atoms with Crippen molar-refractivity contribution >= 4 is 40.8 Å². The molecule has 0 amide bonds. The van der Waals surface area contributed by atoms with Gasteiger partial charge in [0, 0.05) is 21.7 Å². The fraction of sp³-hybridized carbons (Fsp3) is 0. The maximum Gasteiger partial charge on any atom is 0.187 e. The Hall–Kier alpha value is 2.03. The Labute approximate surface area is 62.2 Å². The Bertz CT molecular complexity index is 8.00. The quantitative estimate of drug-likeness (QED) is 0.303. The molecule has 0 saturated carbocycles. The van der Waals surface area contributed by atoms with Crippen LogP contribution in [-0.4, -0.2) is 17.4 Å². The van der Waals surface area contributed by atoms with E-state index in [0.29, 0.717) is 0 Å². The van der Waals surface area contributed by atoms with Crippen molar-refractivity contribution in [3.8, 4) is 0 Å². The van der Waals surface area contributed by atoms with Gasteiger partial charge in [0.1, 0.15) is 0 Å². The molecule has 0 spiro atoms. The Morgan fingerprint density at radius 1 is 1.00 bits per heavy atom. The molecule has 0 N–H and O–H groups in total. The molecule has 0 aromatic carbocycles. The van der Waals surface area contributed by atoms with Gasteiger partial charge in [-0.15, -0.1) is 0 Å². The molecule has 0 aliphatic carbocycles. The van der Waals surface area contributed by atoms with E-state index in [2.05, 4.69) is 0 Å². The summed E-state index contributed by atoms with van der Waals surface area (Å²) in [5.74, 6) is 0. The molecule has 0 saturated heterocycles. The number of hydrogen-bond donors (Lipinski definition) is 0. The molecule has 0 rings (SSSR count). The Morgan fingerprint density at radius 3 is 1.00 bits per heavy atom. The molecule has 0 aliphatic heterocycles. The minimum Gasteiger partial charge on any atom is -0.197 e. The van der Waals surface area contributed by atoms with Gasteiger partial charge in [-0.2, -0.15) is 23.4 Å². The van der Waals surface area contributed by atoms with Crippen molar-refractivity contribution in [2.45, 2.75) is 0 Å². The molecule has 1 atom stereocenters. The predicted octanol–water partition coefficient (Wildman–Crippen LogP) is -1.02. The maximum atomic E-state index is 0. The van der Waals surface area contributed by atoms with Gasteiger partial charge in [-0.3, -0.25) is 0 Å². The minimum atomic E-state index is 0. The summed E-state index contributed by atoms with van der Waals surface area (Å²) in [6.07, 6.45) is 0. The van der Waals surface area contributed by atoms with Crippen molar-refractivity contribution in [3.05, 3.63) is 0 Å². The fourth-order valence-electron chi connectivity index (χ4n) is 0. The van der Waals surface area contributed by atoms with Crippen molar-refractivity contribution in [2.24, 2.45) is 0 Å². The summed E-state index contributed by atoms with van der Waals surface area (Å²) < 4.78 is 0. The third-order valence-electron chi connectivity index (χ3n) is 0. The molecule has 0 radical (unpaired) electrons. The van der Waals surface area contributed by atoms with Crippen molar-refractivity contribution in [3.63, 3.8) is 0 Å². The predicted molar refractivity (Wildman–Crippen MR) is 31.4 cm³/mol. The molecule has 26 valence electrons. The van der Waals surface area contributed by atoms with Gasteiger partial charge in [0.2, 0.25) is 0 Å². The van der Waals surface area contributed by atoms with Gasteiger partial charge in [-0.05, 0) is 0 Å². The van der Waals surface area contributed by atoms with Crippen LogP contribution in [0.25, 0.3) is 0 Å². The number of rotatable bonds is 0. The van der Waals surface area contributed by atoms with E-state index >= 15 is 0 Å². The zero-order valence-electron chi connectivity index (χ0n) is 1.71. The van der Waals surface area contributed by atoms with Crippen molar-refractivity contribution in [1.29, 1.82) is 0 Å². The van der Waals surface area contributed by atoms with E-state index in [9.17, 15) is 0 Å². The van der Waals surface area contributed by atoms with Gasteiger partial charge in [0.15, 0.2) is 17.4 Å². The molecule has 0 fully saturated rings. The molecular weight excluding hydrogens is 138 g/mol. The third kappa shape index (κ3) is 8.98. The summed E-state index contributed by atoms with van der Waals surface area (Å²) in [4.78, 5) is 0. The summed E-state index contributed by atoms with van der Waals surface area (Å²) in [6.45, 7) is 0. The molecule has 0 heterocycles. The van der Waals surface area contributed by atoms with E-state index in [1.54, 1.807) is 0 Å². The van der Waals surface area contributed by atoms with E-state index in [0.717, 1.165) is 0 Å². The van der Waals surface area contributed by atoms with Crippen molar-refractivity contribution in [1.82, 2.24) is 0 Å². The normalized spacial score (nSPS) is 0. The van der Waals surface area contributed by atoms with Crippen molar-refractivity contribution in [2.75, 3.05) is 0 Å². The summed E-state index contributed by atoms with van der Waals surface area (Å²) in [5.41, 5.74) is 0. The topological polar surface area (TPSA) is 0 Å². The molecular formula is H8AlPSTi. The Kier molecular flexibility index (Phi) is 184. The first-order chi connectivity index (χ1) is 0. The zero-order chi connectivity index (χ0) is 0. The van der Waals surface area contributed by atoms with Crippen molar-refractivity contribution < 1.29 is 21.7 Å². The molecule has 0 nitrogen and oxygen atoms in total. The Morgan fingerprint density at radius 2 is 1.00 bits per heavy atom. The van der Waals surface area contributed by atoms with E-state index < -0.39 is 0 Å². The van der Waals surface area contributed by atoms with Crippen LogP contribution in [0.5, 0.6) is 0 Å². The molecule has 0 bridgehead atoms. The van der Waals surface area contributed by atoms with E-state index in [1.165, 1.54) is 0 Å². The van der Waals surface area contributed by atoms with Gasteiger partial charge in [0.05, 0.1) is 0 Å².